The van der Waals surface area contributed by atoms with E-state index in [1.807, 2.05) is 0 Å². The van der Waals surface area contributed by atoms with Gasteiger partial charge in [-0.2, -0.15) is 0 Å². The van der Waals surface area contributed by atoms with Crippen molar-refractivity contribution in [2.75, 3.05) is 26.7 Å². The Bertz CT molecular complexity index is 108. The molecule has 0 aromatic rings. The Morgan fingerprint density at radius 1 is 1.08 bits per heavy atom. The molecule has 0 saturated carbocycles. The third-order valence-electron chi connectivity index (χ3n) is 2.95. The topological polar surface area (TPSA) is 0 Å². The van der Waals surface area contributed by atoms with E-state index >= 15 is 0 Å². The van der Waals surface area contributed by atoms with Crippen LogP contribution in [0.4, 0.5) is 0 Å². The van der Waals surface area contributed by atoms with Gasteiger partial charge in [-0.15, -0.1) is 0 Å². The average molecular weight is 192 g/mol. The van der Waals surface area contributed by atoms with Crippen LogP contribution >= 0.6 is 0 Å². The van der Waals surface area contributed by atoms with Crippen molar-refractivity contribution in [3.8, 4) is 0 Å². The first-order valence-corrected chi connectivity index (χ1v) is 5.10. The quantitative estimate of drug-likeness (QED) is 0.412. The first kappa shape index (κ1) is 12.2. The Kier molecular flexibility index (Phi) is 5.94. The fourth-order valence-corrected chi connectivity index (χ4v) is 2.07. The zero-order chi connectivity index (χ0) is 8.16. The summed E-state index contributed by atoms with van der Waals surface area (Å²) < 4.78 is 1.36. The van der Waals surface area contributed by atoms with Crippen molar-refractivity contribution in [1.29, 1.82) is 0 Å². The Hall–Kier alpha value is 0.250. The summed E-state index contributed by atoms with van der Waals surface area (Å²) in [6.45, 7) is 6.57. The van der Waals surface area contributed by atoms with Gasteiger partial charge in [0.25, 0.3) is 0 Å². The van der Waals surface area contributed by atoms with Gasteiger partial charge in [0.05, 0.1) is 26.7 Å². The molecule has 0 amide bonds. The van der Waals surface area contributed by atoms with Gasteiger partial charge in [0.15, 0.2) is 0 Å². The summed E-state index contributed by atoms with van der Waals surface area (Å²) in [6, 6.07) is 0. The molecule has 0 spiro atoms. The molecule has 12 heavy (non-hydrogen) atoms. The molecule has 0 bridgehead atoms. The molecular formula is C10H22ClN. The van der Waals surface area contributed by atoms with Crippen molar-refractivity contribution < 1.29 is 16.9 Å². The number of rotatable bonds is 4. The number of hydrogen-bond acceptors (Lipinski definition) is 0. The Morgan fingerprint density at radius 3 is 2.17 bits per heavy atom. The molecular weight excluding hydrogens is 170 g/mol. The third kappa shape index (κ3) is 3.77. The van der Waals surface area contributed by atoms with Crippen LogP contribution in [0.15, 0.2) is 0 Å². The molecule has 1 saturated heterocycles. The molecule has 0 aliphatic carbocycles. The first-order chi connectivity index (χ1) is 5.27. The van der Waals surface area contributed by atoms with E-state index in [1.54, 1.807) is 0 Å². The minimum Gasteiger partial charge on any atom is -1.00 e. The van der Waals surface area contributed by atoms with Crippen LogP contribution in [0.3, 0.4) is 0 Å². The standard InChI is InChI=1S/C10H22N.ClH/c1-3-4-5-8-11(2)9-6-7-10-11;/h3-10H2,1-2H3;1H/q+1;/p-1. The minimum atomic E-state index is 0. The van der Waals surface area contributed by atoms with E-state index < -0.39 is 0 Å². The molecule has 0 unspecified atom stereocenters. The highest BCUT2D eigenvalue weighted by atomic mass is 35.5. The fourth-order valence-electron chi connectivity index (χ4n) is 2.07. The highest BCUT2D eigenvalue weighted by Crippen LogP contribution is 2.17. The number of halogens is 1. The maximum Gasteiger partial charge on any atom is 0.0786 e. The van der Waals surface area contributed by atoms with Crippen molar-refractivity contribution in [1.82, 2.24) is 0 Å². The van der Waals surface area contributed by atoms with Crippen molar-refractivity contribution in [2.45, 2.75) is 39.0 Å². The summed E-state index contributed by atoms with van der Waals surface area (Å²) in [5.41, 5.74) is 0. The van der Waals surface area contributed by atoms with Crippen LogP contribution in [0, 0.1) is 0 Å². The van der Waals surface area contributed by atoms with Gasteiger partial charge in [-0.3, -0.25) is 0 Å². The molecule has 74 valence electrons. The van der Waals surface area contributed by atoms with Gasteiger partial charge in [0, 0.05) is 12.8 Å². The van der Waals surface area contributed by atoms with Gasteiger partial charge < -0.3 is 16.9 Å². The molecule has 0 N–H and O–H groups in total. The van der Waals surface area contributed by atoms with E-state index in [2.05, 4.69) is 14.0 Å². The summed E-state index contributed by atoms with van der Waals surface area (Å²) >= 11 is 0. The lowest BCUT2D eigenvalue weighted by molar-refractivity contribution is -0.897. The lowest BCUT2D eigenvalue weighted by atomic mass is 10.2. The Balaban J connectivity index is 0.00000121. The second kappa shape index (κ2) is 5.82. The molecule has 0 aromatic heterocycles. The zero-order valence-electron chi connectivity index (χ0n) is 8.48. The van der Waals surface area contributed by atoms with Crippen LogP contribution in [0.25, 0.3) is 0 Å². The minimum absolute atomic E-state index is 0. The average Bonchev–Trinajstić information content (AvgIpc) is 2.38. The van der Waals surface area contributed by atoms with Crippen molar-refractivity contribution >= 4 is 0 Å². The van der Waals surface area contributed by atoms with E-state index in [9.17, 15) is 0 Å². The van der Waals surface area contributed by atoms with Gasteiger partial charge >= 0.3 is 0 Å². The predicted molar refractivity (Wildman–Crippen MR) is 49.5 cm³/mol. The number of quaternary nitrogens is 1. The molecule has 1 rings (SSSR count). The molecule has 1 fully saturated rings. The van der Waals surface area contributed by atoms with E-state index in [1.165, 1.54) is 56.2 Å². The first-order valence-electron chi connectivity index (χ1n) is 5.10. The van der Waals surface area contributed by atoms with Gasteiger partial charge in [0.2, 0.25) is 0 Å². The maximum atomic E-state index is 2.42. The number of likely N-dealkylation sites (tertiary alicyclic amines) is 1. The second-order valence-corrected chi connectivity index (χ2v) is 4.20. The van der Waals surface area contributed by atoms with Crippen molar-refractivity contribution in [2.24, 2.45) is 0 Å². The summed E-state index contributed by atoms with van der Waals surface area (Å²) in [6.07, 6.45) is 7.14. The van der Waals surface area contributed by atoms with E-state index in [0.29, 0.717) is 0 Å². The Morgan fingerprint density at radius 2 is 1.67 bits per heavy atom. The van der Waals surface area contributed by atoms with E-state index in [0.717, 1.165) is 0 Å². The second-order valence-electron chi connectivity index (χ2n) is 4.20. The lowest BCUT2D eigenvalue weighted by Crippen LogP contribution is -3.00. The molecule has 0 aromatic carbocycles. The highest BCUT2D eigenvalue weighted by Gasteiger charge is 2.25. The third-order valence-corrected chi connectivity index (χ3v) is 2.95. The number of unbranched alkanes of at least 4 members (excludes halogenated alkanes) is 2. The smallest absolute Gasteiger partial charge is 0.0786 e. The van der Waals surface area contributed by atoms with Crippen molar-refractivity contribution in [3.63, 3.8) is 0 Å². The molecule has 2 heteroatoms. The van der Waals surface area contributed by atoms with Crippen LogP contribution in [-0.2, 0) is 0 Å². The number of nitrogens with zero attached hydrogens (tertiary/aromatic N) is 1. The van der Waals surface area contributed by atoms with Gasteiger partial charge in [-0.1, -0.05) is 13.3 Å². The summed E-state index contributed by atoms with van der Waals surface area (Å²) in [7, 11) is 2.42. The Labute approximate surface area is 83.1 Å². The highest BCUT2D eigenvalue weighted by molar-refractivity contribution is 4.51. The van der Waals surface area contributed by atoms with Crippen LogP contribution < -0.4 is 12.4 Å². The molecule has 1 aliphatic heterocycles. The molecule has 1 heterocycles. The van der Waals surface area contributed by atoms with E-state index in [-0.39, 0.29) is 12.4 Å². The molecule has 1 aliphatic rings. The van der Waals surface area contributed by atoms with Gasteiger partial charge in [-0.25, -0.2) is 0 Å². The summed E-state index contributed by atoms with van der Waals surface area (Å²) in [5.74, 6) is 0. The van der Waals surface area contributed by atoms with Crippen LogP contribution in [0.1, 0.15) is 39.0 Å². The largest absolute Gasteiger partial charge is 1.00 e. The van der Waals surface area contributed by atoms with Crippen LogP contribution in [0.5, 0.6) is 0 Å². The van der Waals surface area contributed by atoms with Crippen LogP contribution in [-0.4, -0.2) is 31.2 Å². The van der Waals surface area contributed by atoms with Gasteiger partial charge in [0.1, 0.15) is 0 Å². The predicted octanol–water partition coefficient (Wildman–Crippen LogP) is -0.579. The normalized spacial score (nSPS) is 20.5. The number of hydrogen-bond donors (Lipinski definition) is 0. The van der Waals surface area contributed by atoms with Crippen LogP contribution in [0.2, 0.25) is 0 Å². The fraction of sp³-hybridized carbons (Fsp3) is 1.00. The summed E-state index contributed by atoms with van der Waals surface area (Å²) in [5, 5.41) is 0. The molecule has 1 nitrogen and oxygen atoms in total. The summed E-state index contributed by atoms with van der Waals surface area (Å²) in [4.78, 5) is 0. The van der Waals surface area contributed by atoms with Crippen molar-refractivity contribution in [3.05, 3.63) is 0 Å². The maximum absolute atomic E-state index is 2.42. The molecule has 0 atom stereocenters. The SMILES string of the molecule is CCCCC[N+]1(C)CCCC1.[Cl-]. The molecule has 0 radical (unpaired) electrons. The monoisotopic (exact) mass is 191 g/mol. The lowest BCUT2D eigenvalue weighted by Gasteiger charge is -2.28. The van der Waals surface area contributed by atoms with E-state index in [4.69, 9.17) is 0 Å². The zero-order valence-corrected chi connectivity index (χ0v) is 9.24. The van der Waals surface area contributed by atoms with Gasteiger partial charge in [-0.05, 0) is 12.8 Å².